The van der Waals surface area contributed by atoms with E-state index >= 15 is 0 Å². The van der Waals surface area contributed by atoms with Crippen molar-refractivity contribution in [2.24, 2.45) is 0 Å². The number of nitrogen functional groups attached to an aromatic ring is 1. The SMILES string of the molecule is CC(C)(C)OC(=O)N1C2CC1CC(n1nc(N)c3nnc(Cl)cc31)C2. The van der Waals surface area contributed by atoms with E-state index in [1.54, 1.807) is 6.07 Å². The van der Waals surface area contributed by atoms with Crippen LogP contribution in [0.15, 0.2) is 6.07 Å². The zero-order valence-electron chi connectivity index (χ0n) is 14.4. The van der Waals surface area contributed by atoms with Gasteiger partial charge < -0.3 is 15.4 Å². The largest absolute Gasteiger partial charge is 0.444 e. The molecule has 1 amide bonds. The maximum Gasteiger partial charge on any atom is 0.410 e. The predicted octanol–water partition coefficient (Wildman–Crippen LogP) is 2.77. The molecule has 2 aliphatic heterocycles. The first-order valence-electron chi connectivity index (χ1n) is 8.41. The van der Waals surface area contributed by atoms with Crippen LogP contribution in [-0.4, -0.2) is 48.7 Å². The lowest BCUT2D eigenvalue weighted by Crippen LogP contribution is -2.63. The van der Waals surface area contributed by atoms with Crippen LogP contribution in [0.2, 0.25) is 5.15 Å². The number of hydrogen-bond acceptors (Lipinski definition) is 6. The molecule has 134 valence electrons. The number of nitrogens with zero attached hydrogens (tertiary/aromatic N) is 5. The molecule has 2 atom stereocenters. The molecule has 0 spiro atoms. The third kappa shape index (κ3) is 2.78. The molecule has 25 heavy (non-hydrogen) atoms. The van der Waals surface area contributed by atoms with Gasteiger partial charge in [-0.25, -0.2) is 4.79 Å². The van der Waals surface area contributed by atoms with E-state index in [0.717, 1.165) is 24.8 Å². The first-order valence-corrected chi connectivity index (χ1v) is 8.79. The molecule has 2 unspecified atom stereocenters. The quantitative estimate of drug-likeness (QED) is 0.835. The van der Waals surface area contributed by atoms with Gasteiger partial charge >= 0.3 is 6.09 Å². The Labute approximate surface area is 150 Å². The van der Waals surface area contributed by atoms with E-state index in [4.69, 9.17) is 22.1 Å². The second-order valence-corrected chi connectivity index (χ2v) is 8.17. The van der Waals surface area contributed by atoms with Crippen molar-refractivity contribution < 1.29 is 9.53 Å². The van der Waals surface area contributed by atoms with Crippen LogP contribution in [0.25, 0.3) is 11.0 Å². The van der Waals surface area contributed by atoms with Crippen LogP contribution in [0.4, 0.5) is 10.6 Å². The first-order chi connectivity index (χ1) is 11.7. The Morgan fingerprint density at radius 1 is 1.24 bits per heavy atom. The number of piperidine rings is 1. The number of halogens is 1. The van der Waals surface area contributed by atoms with E-state index in [0.29, 0.717) is 16.5 Å². The average Bonchev–Trinajstić information content (AvgIpc) is 2.81. The van der Waals surface area contributed by atoms with Crippen LogP contribution >= 0.6 is 11.6 Å². The van der Waals surface area contributed by atoms with Gasteiger partial charge in [-0.2, -0.15) is 5.10 Å². The third-order valence-corrected chi connectivity index (χ3v) is 5.00. The maximum atomic E-state index is 12.4. The number of hydrogen-bond donors (Lipinski definition) is 1. The minimum atomic E-state index is -0.484. The summed E-state index contributed by atoms with van der Waals surface area (Å²) in [5, 5.41) is 12.6. The Morgan fingerprint density at radius 2 is 1.88 bits per heavy atom. The van der Waals surface area contributed by atoms with Gasteiger partial charge in [0.25, 0.3) is 0 Å². The number of aromatic nitrogens is 4. The first kappa shape index (κ1) is 16.4. The van der Waals surface area contributed by atoms with E-state index in [2.05, 4.69) is 15.3 Å². The molecule has 2 aromatic rings. The number of rotatable bonds is 1. The molecule has 1 saturated carbocycles. The van der Waals surface area contributed by atoms with E-state index in [1.165, 1.54) is 0 Å². The van der Waals surface area contributed by atoms with Gasteiger partial charge in [0.15, 0.2) is 16.5 Å². The Bertz CT molecular complexity index is 833. The molecular formula is C16H21ClN6O2. The summed E-state index contributed by atoms with van der Waals surface area (Å²) in [6.45, 7) is 5.64. The second kappa shape index (κ2) is 5.45. The van der Waals surface area contributed by atoms with Crippen LogP contribution in [0, 0.1) is 0 Å². The van der Waals surface area contributed by atoms with Crippen molar-refractivity contribution in [3.05, 3.63) is 11.2 Å². The molecule has 1 aliphatic carbocycles. The van der Waals surface area contributed by atoms with E-state index < -0.39 is 5.60 Å². The van der Waals surface area contributed by atoms with Crippen molar-refractivity contribution in [2.45, 2.75) is 63.8 Å². The van der Waals surface area contributed by atoms with Crippen molar-refractivity contribution in [1.29, 1.82) is 0 Å². The average molecular weight is 365 g/mol. The summed E-state index contributed by atoms with van der Waals surface area (Å²) in [4.78, 5) is 14.2. The molecule has 2 aromatic heterocycles. The Kier molecular flexibility index (Phi) is 3.57. The summed E-state index contributed by atoms with van der Waals surface area (Å²) in [6.07, 6.45) is 2.40. The molecule has 9 heteroatoms. The molecule has 2 bridgehead atoms. The van der Waals surface area contributed by atoms with Gasteiger partial charge in [0, 0.05) is 18.2 Å². The Balaban J connectivity index is 1.55. The summed E-state index contributed by atoms with van der Waals surface area (Å²) in [5.74, 6) is 0.349. The lowest BCUT2D eigenvalue weighted by molar-refractivity contribution is -0.0638. The highest BCUT2D eigenvalue weighted by molar-refractivity contribution is 6.29. The van der Waals surface area contributed by atoms with Crippen LogP contribution in [0.1, 0.15) is 46.1 Å². The summed E-state index contributed by atoms with van der Waals surface area (Å²) in [5.41, 5.74) is 6.83. The minimum Gasteiger partial charge on any atom is -0.444 e. The summed E-state index contributed by atoms with van der Waals surface area (Å²) < 4.78 is 7.40. The van der Waals surface area contributed by atoms with Crippen LogP contribution < -0.4 is 5.73 Å². The standard InChI is InChI=1S/C16H21ClN6O2/c1-16(2,3)25-15(24)22-8-4-9(22)6-10(5-8)23-11-7-12(17)19-20-13(11)14(18)21-23/h7-10H,4-6H2,1-3H3,(H2,18,21). The van der Waals surface area contributed by atoms with Gasteiger partial charge in [0.1, 0.15) is 5.60 Å². The molecule has 8 nitrogen and oxygen atoms in total. The van der Waals surface area contributed by atoms with Crippen molar-refractivity contribution in [3.8, 4) is 0 Å². The normalized spacial score (nSPS) is 25.8. The van der Waals surface area contributed by atoms with Crippen LogP contribution in [0.3, 0.4) is 0 Å². The second-order valence-electron chi connectivity index (χ2n) is 7.79. The molecule has 4 heterocycles. The highest BCUT2D eigenvalue weighted by Gasteiger charge is 2.50. The Morgan fingerprint density at radius 3 is 2.52 bits per heavy atom. The van der Waals surface area contributed by atoms with Gasteiger partial charge in [-0.3, -0.25) is 4.68 Å². The zero-order valence-corrected chi connectivity index (χ0v) is 15.2. The zero-order chi connectivity index (χ0) is 17.9. The summed E-state index contributed by atoms with van der Waals surface area (Å²) >= 11 is 5.98. The van der Waals surface area contributed by atoms with Crippen LogP contribution in [0.5, 0.6) is 0 Å². The highest BCUT2D eigenvalue weighted by Crippen LogP contribution is 2.44. The number of carbonyl (C=O) groups excluding carboxylic acids is 1. The Hall–Kier alpha value is -2.09. The minimum absolute atomic E-state index is 0.155. The third-order valence-electron chi connectivity index (χ3n) is 4.82. The molecule has 0 radical (unpaired) electrons. The van der Waals surface area contributed by atoms with Gasteiger partial charge in [-0.15, -0.1) is 10.2 Å². The number of nitrogens with two attached hydrogens (primary N) is 1. The maximum absolute atomic E-state index is 12.4. The number of amides is 1. The molecule has 5 rings (SSSR count). The smallest absolute Gasteiger partial charge is 0.410 e. The molecule has 3 aliphatic rings. The van der Waals surface area contributed by atoms with Gasteiger partial charge in [0.2, 0.25) is 0 Å². The lowest BCUT2D eigenvalue weighted by Gasteiger charge is -2.54. The van der Waals surface area contributed by atoms with E-state index in [1.807, 2.05) is 30.4 Å². The summed E-state index contributed by atoms with van der Waals surface area (Å²) in [7, 11) is 0. The van der Waals surface area contributed by atoms with Gasteiger partial charge in [-0.1, -0.05) is 11.6 Å². The fourth-order valence-corrected chi connectivity index (χ4v) is 4.01. The highest BCUT2D eigenvalue weighted by atomic mass is 35.5. The molecule has 2 saturated heterocycles. The number of carbonyl (C=O) groups is 1. The fourth-order valence-electron chi connectivity index (χ4n) is 3.87. The lowest BCUT2D eigenvalue weighted by atomic mass is 9.77. The van der Waals surface area contributed by atoms with Crippen molar-refractivity contribution in [2.75, 3.05) is 5.73 Å². The number of anilines is 1. The van der Waals surface area contributed by atoms with Crippen LogP contribution in [-0.2, 0) is 4.74 Å². The molecular weight excluding hydrogens is 344 g/mol. The predicted molar refractivity (Wildman–Crippen MR) is 93.3 cm³/mol. The van der Waals surface area contributed by atoms with E-state index in [9.17, 15) is 4.79 Å². The summed E-state index contributed by atoms with van der Waals surface area (Å²) in [6, 6.07) is 2.23. The fraction of sp³-hybridized carbons (Fsp3) is 0.625. The van der Waals surface area contributed by atoms with E-state index in [-0.39, 0.29) is 24.2 Å². The molecule has 3 fully saturated rings. The van der Waals surface area contributed by atoms with Crippen molar-refractivity contribution in [1.82, 2.24) is 24.9 Å². The molecule has 2 N–H and O–H groups in total. The number of fused-ring (bicyclic) bond motifs is 3. The topological polar surface area (TPSA) is 99.2 Å². The van der Waals surface area contributed by atoms with Crippen molar-refractivity contribution >= 4 is 34.5 Å². The monoisotopic (exact) mass is 364 g/mol. The number of ether oxygens (including phenoxy) is 1. The van der Waals surface area contributed by atoms with Gasteiger partial charge in [0.05, 0.1) is 11.6 Å². The molecule has 0 aromatic carbocycles. The van der Waals surface area contributed by atoms with Gasteiger partial charge in [-0.05, 0) is 40.0 Å². The van der Waals surface area contributed by atoms with Crippen molar-refractivity contribution in [3.63, 3.8) is 0 Å².